The standard InChI is InChI=1S/C24H15N3O4/c28-23(29)19-20(24(30)31)22(18-12-10-14-6-2-4-8-16(14)26-18)27-21(19)17-11-9-13-5-1-3-7-15(13)25-17/h1-12,27H,(H,28,29)(H,30,31). The van der Waals surface area contributed by atoms with Gasteiger partial charge in [0, 0.05) is 10.8 Å². The van der Waals surface area contributed by atoms with Gasteiger partial charge in [-0.05, 0) is 24.3 Å². The molecule has 7 heteroatoms. The third-order valence-electron chi connectivity index (χ3n) is 5.14. The number of pyridine rings is 2. The lowest BCUT2D eigenvalue weighted by atomic mass is 10.0. The van der Waals surface area contributed by atoms with Crippen molar-refractivity contribution in [1.29, 1.82) is 0 Å². The van der Waals surface area contributed by atoms with Crippen LogP contribution >= 0.6 is 0 Å². The summed E-state index contributed by atoms with van der Waals surface area (Å²) in [5.41, 5.74) is 1.58. The summed E-state index contributed by atoms with van der Waals surface area (Å²) in [6, 6.07) is 21.8. The molecule has 0 unspecified atom stereocenters. The highest BCUT2D eigenvalue weighted by Crippen LogP contribution is 2.34. The zero-order valence-corrected chi connectivity index (χ0v) is 16.0. The summed E-state index contributed by atoms with van der Waals surface area (Å²) < 4.78 is 0. The average molecular weight is 409 g/mol. The zero-order chi connectivity index (χ0) is 21.5. The third kappa shape index (κ3) is 3.08. The van der Waals surface area contributed by atoms with Gasteiger partial charge in [0.2, 0.25) is 0 Å². The number of nitrogens with one attached hydrogen (secondary N) is 1. The molecule has 2 aromatic carbocycles. The minimum atomic E-state index is -1.36. The highest BCUT2D eigenvalue weighted by molar-refractivity contribution is 6.10. The Morgan fingerprint density at radius 3 is 1.45 bits per heavy atom. The molecular weight excluding hydrogens is 394 g/mol. The Morgan fingerprint density at radius 2 is 1.03 bits per heavy atom. The van der Waals surface area contributed by atoms with Crippen LogP contribution in [0.1, 0.15) is 20.7 Å². The van der Waals surface area contributed by atoms with Crippen LogP contribution in [0.4, 0.5) is 0 Å². The first-order valence-electron chi connectivity index (χ1n) is 9.48. The maximum absolute atomic E-state index is 12.1. The summed E-state index contributed by atoms with van der Waals surface area (Å²) in [4.78, 5) is 36.3. The van der Waals surface area contributed by atoms with Gasteiger partial charge in [-0.25, -0.2) is 19.6 Å². The molecule has 31 heavy (non-hydrogen) atoms. The van der Waals surface area contributed by atoms with Gasteiger partial charge in [-0.3, -0.25) is 0 Å². The number of aromatic carboxylic acids is 2. The number of carbonyl (C=O) groups is 2. The molecule has 5 aromatic rings. The van der Waals surface area contributed by atoms with Crippen molar-refractivity contribution in [3.8, 4) is 22.8 Å². The molecule has 150 valence electrons. The number of para-hydroxylation sites is 2. The number of carboxylic acids is 2. The van der Waals surface area contributed by atoms with Crippen molar-refractivity contribution in [1.82, 2.24) is 15.0 Å². The highest BCUT2D eigenvalue weighted by atomic mass is 16.4. The van der Waals surface area contributed by atoms with E-state index in [1.165, 1.54) is 0 Å². The van der Waals surface area contributed by atoms with Gasteiger partial charge in [0.15, 0.2) is 0 Å². The Labute approximate surface area is 175 Å². The van der Waals surface area contributed by atoms with Crippen LogP contribution in [0.5, 0.6) is 0 Å². The Balaban J connectivity index is 1.78. The highest BCUT2D eigenvalue weighted by Gasteiger charge is 2.30. The van der Waals surface area contributed by atoms with Gasteiger partial charge in [0.25, 0.3) is 0 Å². The first kappa shape index (κ1) is 18.5. The molecule has 0 bridgehead atoms. The lowest BCUT2D eigenvalue weighted by Gasteiger charge is -2.03. The molecule has 0 fully saturated rings. The van der Waals surface area contributed by atoms with Gasteiger partial charge in [-0.2, -0.15) is 0 Å². The second kappa shape index (κ2) is 7.07. The van der Waals surface area contributed by atoms with E-state index in [-0.39, 0.29) is 22.5 Å². The number of hydrogen-bond donors (Lipinski definition) is 3. The molecule has 0 aliphatic carbocycles. The summed E-state index contributed by atoms with van der Waals surface area (Å²) in [7, 11) is 0. The summed E-state index contributed by atoms with van der Waals surface area (Å²) in [5, 5.41) is 21.5. The smallest absolute Gasteiger partial charge is 0.338 e. The van der Waals surface area contributed by atoms with E-state index >= 15 is 0 Å². The van der Waals surface area contributed by atoms with Gasteiger partial charge in [0.1, 0.15) is 11.1 Å². The predicted octanol–water partition coefficient (Wildman–Crippen LogP) is 4.84. The summed E-state index contributed by atoms with van der Waals surface area (Å²) >= 11 is 0. The van der Waals surface area contributed by atoms with Crippen molar-refractivity contribution < 1.29 is 19.8 Å². The van der Waals surface area contributed by atoms with Gasteiger partial charge in [-0.1, -0.05) is 48.5 Å². The normalized spacial score (nSPS) is 11.1. The third-order valence-corrected chi connectivity index (χ3v) is 5.14. The van der Waals surface area contributed by atoms with Crippen LogP contribution in [0.25, 0.3) is 44.6 Å². The Kier molecular flexibility index (Phi) is 4.22. The molecule has 0 atom stereocenters. The monoisotopic (exact) mass is 409 g/mol. The van der Waals surface area contributed by atoms with Crippen LogP contribution in [-0.2, 0) is 0 Å². The fourth-order valence-electron chi connectivity index (χ4n) is 3.72. The molecule has 0 aliphatic rings. The predicted molar refractivity (Wildman–Crippen MR) is 116 cm³/mol. The van der Waals surface area contributed by atoms with E-state index in [1.807, 2.05) is 60.7 Å². The topological polar surface area (TPSA) is 116 Å². The Morgan fingerprint density at radius 1 is 0.613 bits per heavy atom. The first-order valence-corrected chi connectivity index (χ1v) is 9.48. The second-order valence-electron chi connectivity index (χ2n) is 7.01. The quantitative estimate of drug-likeness (QED) is 0.391. The van der Waals surface area contributed by atoms with Crippen LogP contribution in [0.3, 0.4) is 0 Å². The molecule has 7 nitrogen and oxygen atoms in total. The Bertz CT molecular complexity index is 1390. The van der Waals surface area contributed by atoms with Crippen molar-refractivity contribution in [2.75, 3.05) is 0 Å². The maximum Gasteiger partial charge on any atom is 0.338 e. The molecule has 0 aliphatic heterocycles. The number of fused-ring (bicyclic) bond motifs is 2. The molecule has 0 radical (unpaired) electrons. The van der Waals surface area contributed by atoms with Crippen LogP contribution in [0.15, 0.2) is 72.8 Å². The molecule has 3 heterocycles. The summed E-state index contributed by atoms with van der Waals surface area (Å²) in [6.45, 7) is 0. The van der Waals surface area contributed by atoms with Crippen molar-refractivity contribution in [2.24, 2.45) is 0 Å². The number of rotatable bonds is 4. The summed E-state index contributed by atoms with van der Waals surface area (Å²) in [6.07, 6.45) is 0. The minimum Gasteiger partial charge on any atom is -0.478 e. The van der Waals surface area contributed by atoms with Crippen molar-refractivity contribution in [3.05, 3.63) is 83.9 Å². The van der Waals surface area contributed by atoms with Gasteiger partial charge >= 0.3 is 11.9 Å². The molecule has 3 N–H and O–H groups in total. The fourth-order valence-corrected chi connectivity index (χ4v) is 3.72. The van der Waals surface area contributed by atoms with Crippen molar-refractivity contribution in [2.45, 2.75) is 0 Å². The number of aromatic amines is 1. The zero-order valence-electron chi connectivity index (χ0n) is 16.0. The molecule has 5 rings (SSSR count). The van der Waals surface area contributed by atoms with E-state index in [0.29, 0.717) is 22.4 Å². The lowest BCUT2D eigenvalue weighted by Crippen LogP contribution is -2.07. The number of hydrogen-bond acceptors (Lipinski definition) is 4. The minimum absolute atomic E-state index is 0.126. The van der Waals surface area contributed by atoms with Gasteiger partial charge in [-0.15, -0.1) is 0 Å². The number of aromatic nitrogens is 3. The van der Waals surface area contributed by atoms with E-state index < -0.39 is 11.9 Å². The number of H-pyrrole nitrogens is 1. The lowest BCUT2D eigenvalue weighted by molar-refractivity contribution is 0.0654. The van der Waals surface area contributed by atoms with E-state index in [1.54, 1.807) is 12.1 Å². The first-order chi connectivity index (χ1) is 15.0. The Hall–Kier alpha value is -4.52. The van der Waals surface area contributed by atoms with Crippen LogP contribution in [0, 0.1) is 0 Å². The molecule has 3 aromatic heterocycles. The number of carboxylic acid groups (broad SMARTS) is 2. The molecule has 0 saturated carbocycles. The molecule has 0 spiro atoms. The molecular formula is C24H15N3O4. The van der Waals surface area contributed by atoms with Crippen LogP contribution in [-0.4, -0.2) is 37.1 Å². The second-order valence-corrected chi connectivity index (χ2v) is 7.01. The van der Waals surface area contributed by atoms with Crippen molar-refractivity contribution >= 4 is 33.7 Å². The van der Waals surface area contributed by atoms with E-state index in [2.05, 4.69) is 15.0 Å². The van der Waals surface area contributed by atoms with Gasteiger partial charge < -0.3 is 15.2 Å². The van der Waals surface area contributed by atoms with Crippen molar-refractivity contribution in [3.63, 3.8) is 0 Å². The van der Waals surface area contributed by atoms with E-state index in [0.717, 1.165) is 10.8 Å². The fraction of sp³-hybridized carbons (Fsp3) is 0. The SMILES string of the molecule is O=C(O)c1c(-c2ccc3ccccc3n2)[nH]c(-c2ccc3ccccc3n2)c1C(=O)O. The molecule has 0 saturated heterocycles. The maximum atomic E-state index is 12.1. The number of nitrogens with zero attached hydrogens (tertiary/aromatic N) is 2. The van der Waals surface area contributed by atoms with Gasteiger partial charge in [0.05, 0.1) is 33.8 Å². The number of benzene rings is 2. The average Bonchev–Trinajstić information content (AvgIpc) is 3.20. The van der Waals surface area contributed by atoms with Crippen LogP contribution in [0.2, 0.25) is 0 Å². The van der Waals surface area contributed by atoms with Crippen LogP contribution < -0.4 is 0 Å². The van der Waals surface area contributed by atoms with E-state index in [9.17, 15) is 19.8 Å². The largest absolute Gasteiger partial charge is 0.478 e. The summed E-state index contributed by atoms with van der Waals surface area (Å²) in [5.74, 6) is -2.71. The molecule has 0 amide bonds. The van der Waals surface area contributed by atoms with E-state index in [4.69, 9.17) is 0 Å².